The van der Waals surface area contributed by atoms with Crippen molar-refractivity contribution in [2.45, 2.75) is 49.0 Å². The zero-order chi connectivity index (χ0) is 28.1. The number of rotatable bonds is 8. The number of halogens is 3. The molecule has 7 N–H and O–H groups in total. The van der Waals surface area contributed by atoms with Crippen molar-refractivity contribution in [1.82, 2.24) is 16.0 Å². The molecule has 0 radical (unpaired) electrons. The summed E-state index contributed by atoms with van der Waals surface area (Å²) >= 11 is 0. The minimum absolute atomic E-state index is 0.107. The molecule has 0 saturated heterocycles. The van der Waals surface area contributed by atoms with Crippen LogP contribution in [0.2, 0.25) is 0 Å². The number of nitrogen functional groups attached to an aromatic ring is 1. The van der Waals surface area contributed by atoms with Crippen molar-refractivity contribution in [2.75, 3.05) is 12.3 Å². The Morgan fingerprint density at radius 3 is 2.13 bits per heavy atom. The smallest absolute Gasteiger partial charge is 0.406 e. The maximum absolute atomic E-state index is 12.7. The van der Waals surface area contributed by atoms with Crippen LogP contribution in [0, 0.1) is 0 Å². The number of nitrogens with one attached hydrogen (secondary N) is 3. The molecular formula is C23H26F3N5O6S. The fourth-order valence-electron chi connectivity index (χ4n) is 3.97. The molecule has 0 bridgehead atoms. The van der Waals surface area contributed by atoms with E-state index in [1.807, 2.05) is 0 Å². The van der Waals surface area contributed by atoms with Gasteiger partial charge in [0.05, 0.1) is 17.0 Å². The molecule has 1 saturated carbocycles. The molecule has 3 amide bonds. The van der Waals surface area contributed by atoms with Crippen LogP contribution in [0.3, 0.4) is 0 Å². The quantitative estimate of drug-likeness (QED) is 0.304. The van der Waals surface area contributed by atoms with Gasteiger partial charge in [-0.2, -0.15) is 0 Å². The molecule has 2 atom stereocenters. The molecule has 0 heterocycles. The molecule has 0 aromatic heterocycles. The Balaban J connectivity index is 1.57. The molecule has 3 rings (SSSR count). The van der Waals surface area contributed by atoms with Gasteiger partial charge in [-0.05, 0) is 55.3 Å². The van der Waals surface area contributed by atoms with E-state index in [-0.39, 0.29) is 21.7 Å². The molecule has 38 heavy (non-hydrogen) atoms. The summed E-state index contributed by atoms with van der Waals surface area (Å²) in [5, 5.41) is 12.9. The molecule has 1 fully saturated rings. The van der Waals surface area contributed by atoms with E-state index >= 15 is 0 Å². The number of benzene rings is 2. The summed E-state index contributed by atoms with van der Waals surface area (Å²) in [5.74, 6) is -2.56. The normalized spacial score (nSPS) is 17.8. The Morgan fingerprint density at radius 2 is 1.55 bits per heavy atom. The zero-order valence-corrected chi connectivity index (χ0v) is 20.7. The second kappa shape index (κ2) is 11.7. The highest BCUT2D eigenvalue weighted by Gasteiger charge is 2.32. The minimum Gasteiger partial charge on any atom is -0.406 e. The number of carbonyl (C=O) groups excluding carboxylic acids is 3. The van der Waals surface area contributed by atoms with Gasteiger partial charge < -0.3 is 26.4 Å². The molecule has 1 aliphatic rings. The van der Waals surface area contributed by atoms with Gasteiger partial charge in [0.2, 0.25) is 15.9 Å². The van der Waals surface area contributed by atoms with Gasteiger partial charge in [0.15, 0.2) is 0 Å². The molecule has 206 valence electrons. The van der Waals surface area contributed by atoms with Crippen molar-refractivity contribution < 1.29 is 40.7 Å². The number of sulfonamides is 1. The lowest BCUT2D eigenvalue weighted by Crippen LogP contribution is -2.54. The SMILES string of the molecule is Nc1ccc(OC(F)(F)F)cc1C(=O)NCC(=O)N[C@@H]1CCCC[C@@H]1NC(=O)c1ccc(S(N)(=O)=O)cc1. The molecule has 2 aromatic rings. The summed E-state index contributed by atoms with van der Waals surface area (Å²) in [6.45, 7) is -0.491. The molecule has 0 aliphatic heterocycles. The van der Waals surface area contributed by atoms with E-state index in [0.29, 0.717) is 12.8 Å². The van der Waals surface area contributed by atoms with Crippen molar-refractivity contribution in [3.8, 4) is 5.75 Å². The van der Waals surface area contributed by atoms with Crippen LogP contribution in [0.25, 0.3) is 0 Å². The summed E-state index contributed by atoms with van der Waals surface area (Å²) < 4.78 is 63.9. The van der Waals surface area contributed by atoms with Crippen LogP contribution in [0.4, 0.5) is 18.9 Å². The van der Waals surface area contributed by atoms with Crippen molar-refractivity contribution in [1.29, 1.82) is 0 Å². The minimum atomic E-state index is -4.95. The largest absolute Gasteiger partial charge is 0.573 e. The maximum atomic E-state index is 12.7. The van der Waals surface area contributed by atoms with E-state index in [1.165, 1.54) is 24.3 Å². The number of amides is 3. The third kappa shape index (κ3) is 8.08. The average molecular weight is 558 g/mol. The first-order valence-corrected chi connectivity index (χ1v) is 12.9. The van der Waals surface area contributed by atoms with Crippen LogP contribution >= 0.6 is 0 Å². The molecule has 1 aliphatic carbocycles. The van der Waals surface area contributed by atoms with Crippen molar-refractivity contribution in [3.63, 3.8) is 0 Å². The van der Waals surface area contributed by atoms with Gasteiger partial charge in [0.1, 0.15) is 5.75 Å². The highest BCUT2D eigenvalue weighted by atomic mass is 32.2. The number of alkyl halides is 3. The van der Waals surface area contributed by atoms with E-state index in [0.717, 1.165) is 31.0 Å². The standard InChI is InChI=1S/C23H26F3N5O6S/c24-23(25,26)37-14-7-10-17(27)16(11-14)22(34)29-12-20(32)30-18-3-1-2-4-19(18)31-21(33)13-5-8-15(9-6-13)38(28,35)36/h5-11,18-19H,1-4,12,27H2,(H,29,34)(H,30,32)(H,31,33)(H2,28,35,36)/t18-,19+/m1/s1. The van der Waals surface area contributed by atoms with E-state index < -0.39 is 58.5 Å². The number of carbonyl (C=O) groups is 3. The van der Waals surface area contributed by atoms with Crippen molar-refractivity contribution >= 4 is 33.4 Å². The van der Waals surface area contributed by atoms with Crippen LogP contribution in [-0.4, -0.2) is 51.1 Å². The van der Waals surface area contributed by atoms with Gasteiger partial charge in [-0.25, -0.2) is 13.6 Å². The van der Waals surface area contributed by atoms with Gasteiger partial charge in [-0.1, -0.05) is 12.8 Å². The third-order valence-corrected chi connectivity index (χ3v) is 6.72. The van der Waals surface area contributed by atoms with E-state index in [4.69, 9.17) is 10.9 Å². The van der Waals surface area contributed by atoms with Crippen LogP contribution in [-0.2, 0) is 14.8 Å². The van der Waals surface area contributed by atoms with Crippen LogP contribution in [0.5, 0.6) is 5.75 Å². The van der Waals surface area contributed by atoms with Crippen LogP contribution < -0.4 is 31.6 Å². The van der Waals surface area contributed by atoms with Gasteiger partial charge in [-0.15, -0.1) is 13.2 Å². The fourth-order valence-corrected chi connectivity index (χ4v) is 4.48. The van der Waals surface area contributed by atoms with Crippen molar-refractivity contribution in [2.24, 2.45) is 5.14 Å². The van der Waals surface area contributed by atoms with E-state index in [2.05, 4.69) is 20.7 Å². The topological polar surface area (TPSA) is 183 Å². The summed E-state index contributed by atoms with van der Waals surface area (Å²) in [6, 6.07) is 7.04. The fraction of sp³-hybridized carbons (Fsp3) is 0.348. The van der Waals surface area contributed by atoms with Crippen LogP contribution in [0.1, 0.15) is 46.4 Å². The Bertz CT molecular complexity index is 1300. The number of hydrogen-bond donors (Lipinski definition) is 5. The number of hydrogen-bond acceptors (Lipinski definition) is 7. The number of ether oxygens (including phenoxy) is 1. The lowest BCUT2D eigenvalue weighted by atomic mass is 9.90. The van der Waals surface area contributed by atoms with E-state index in [9.17, 15) is 36.0 Å². The van der Waals surface area contributed by atoms with Crippen LogP contribution in [0.15, 0.2) is 47.4 Å². The first kappa shape index (κ1) is 28.7. The second-order valence-corrected chi connectivity index (χ2v) is 10.1. The summed E-state index contributed by atoms with van der Waals surface area (Å²) in [5.41, 5.74) is 5.48. The predicted octanol–water partition coefficient (Wildman–Crippen LogP) is 1.40. The Labute approximate surface area is 216 Å². The average Bonchev–Trinajstić information content (AvgIpc) is 2.83. The summed E-state index contributed by atoms with van der Waals surface area (Å²) in [4.78, 5) is 37.5. The highest BCUT2D eigenvalue weighted by Crippen LogP contribution is 2.26. The Hall–Kier alpha value is -3.85. The summed E-state index contributed by atoms with van der Waals surface area (Å²) in [6.07, 6.45) is -2.24. The summed E-state index contributed by atoms with van der Waals surface area (Å²) in [7, 11) is -3.90. The predicted molar refractivity (Wildman–Crippen MR) is 129 cm³/mol. The molecular weight excluding hydrogens is 531 g/mol. The number of nitrogens with two attached hydrogens (primary N) is 2. The molecule has 15 heteroatoms. The molecule has 0 unspecified atom stereocenters. The third-order valence-electron chi connectivity index (χ3n) is 5.79. The molecule has 11 nitrogen and oxygen atoms in total. The maximum Gasteiger partial charge on any atom is 0.573 e. The van der Waals surface area contributed by atoms with Gasteiger partial charge in [-0.3, -0.25) is 14.4 Å². The first-order valence-electron chi connectivity index (χ1n) is 11.4. The molecule has 0 spiro atoms. The first-order chi connectivity index (χ1) is 17.7. The Morgan fingerprint density at radius 1 is 0.947 bits per heavy atom. The van der Waals surface area contributed by atoms with Gasteiger partial charge in [0.25, 0.3) is 11.8 Å². The van der Waals surface area contributed by atoms with Crippen molar-refractivity contribution in [3.05, 3.63) is 53.6 Å². The number of primary sulfonamides is 1. The molecule has 2 aromatic carbocycles. The lowest BCUT2D eigenvalue weighted by Gasteiger charge is -2.33. The highest BCUT2D eigenvalue weighted by molar-refractivity contribution is 7.89. The Kier molecular flexibility index (Phi) is 8.83. The lowest BCUT2D eigenvalue weighted by molar-refractivity contribution is -0.274. The zero-order valence-electron chi connectivity index (χ0n) is 19.9. The van der Waals surface area contributed by atoms with E-state index in [1.54, 1.807) is 0 Å². The number of anilines is 1. The second-order valence-electron chi connectivity index (χ2n) is 8.59. The monoisotopic (exact) mass is 557 g/mol. The van der Waals surface area contributed by atoms with Gasteiger partial charge in [0, 0.05) is 23.3 Å². The van der Waals surface area contributed by atoms with Gasteiger partial charge >= 0.3 is 6.36 Å².